The zero-order valence-corrected chi connectivity index (χ0v) is 27.8. The number of nitrogens with one attached hydrogen (secondary N) is 1. The van der Waals surface area contributed by atoms with Gasteiger partial charge in [-0.3, -0.25) is 9.59 Å². The van der Waals surface area contributed by atoms with E-state index in [2.05, 4.69) is 43.5 Å². The van der Waals surface area contributed by atoms with Crippen LogP contribution in [0, 0.1) is 0 Å². The van der Waals surface area contributed by atoms with Gasteiger partial charge in [-0.05, 0) is 83.6 Å². The minimum atomic E-state index is -1.02. The van der Waals surface area contributed by atoms with E-state index in [1.165, 1.54) is 70.6 Å². The number of ether oxygens (including phenoxy) is 1. The molecule has 43 heavy (non-hydrogen) atoms. The Hall–Kier alpha value is -2.15. The van der Waals surface area contributed by atoms with E-state index < -0.39 is 12.0 Å². The predicted octanol–water partition coefficient (Wildman–Crippen LogP) is 8.94. The zero-order chi connectivity index (χ0) is 31.8. The van der Waals surface area contributed by atoms with E-state index >= 15 is 0 Å². The molecular weight excluding hydrogens is 540 g/mol. The van der Waals surface area contributed by atoms with Crippen LogP contribution in [0.15, 0.2) is 24.3 Å². The molecule has 0 heterocycles. The van der Waals surface area contributed by atoms with Crippen molar-refractivity contribution < 1.29 is 24.2 Å². The van der Waals surface area contributed by atoms with Crippen LogP contribution in [0.2, 0.25) is 0 Å². The summed E-state index contributed by atoms with van der Waals surface area (Å²) < 4.78 is 5.76. The first kappa shape index (κ1) is 40.9. The van der Waals surface area contributed by atoms with Gasteiger partial charge in [-0.2, -0.15) is 0 Å². The van der Waals surface area contributed by atoms with Gasteiger partial charge in [0.2, 0.25) is 5.91 Å². The van der Waals surface area contributed by atoms with Crippen molar-refractivity contribution in [3.05, 3.63) is 24.3 Å². The highest BCUT2D eigenvalue weighted by atomic mass is 16.5. The Morgan fingerprint density at radius 1 is 0.674 bits per heavy atom. The van der Waals surface area contributed by atoms with Crippen molar-refractivity contribution in [3.63, 3.8) is 0 Å². The number of carbonyl (C=O) groups is 3. The lowest BCUT2D eigenvalue weighted by Crippen LogP contribution is -2.40. The summed E-state index contributed by atoms with van der Waals surface area (Å²) in [4.78, 5) is 35.7. The fourth-order valence-corrected chi connectivity index (χ4v) is 5.12. The van der Waals surface area contributed by atoms with Crippen LogP contribution in [0.4, 0.5) is 0 Å². The highest BCUT2D eigenvalue weighted by molar-refractivity contribution is 5.83. The minimum Gasteiger partial charge on any atom is -0.480 e. The first-order valence-corrected chi connectivity index (χ1v) is 17.7. The average Bonchev–Trinajstić information content (AvgIpc) is 2.98. The van der Waals surface area contributed by atoms with Crippen molar-refractivity contribution in [2.45, 2.75) is 180 Å². The molecule has 0 aromatic carbocycles. The fraction of sp³-hybridized carbons (Fsp3) is 0.806. The molecule has 0 rings (SSSR count). The smallest absolute Gasteiger partial charge is 0.326 e. The summed E-state index contributed by atoms with van der Waals surface area (Å²) >= 11 is 0. The lowest BCUT2D eigenvalue weighted by atomic mass is 10.0. The maximum atomic E-state index is 12.4. The number of unbranched alkanes of at least 4 members (excludes halogenated alkanes) is 13. The van der Waals surface area contributed by atoms with Gasteiger partial charge < -0.3 is 20.9 Å². The van der Waals surface area contributed by atoms with Gasteiger partial charge in [-0.1, -0.05) is 102 Å². The number of nitrogens with two attached hydrogens (primary N) is 1. The fourth-order valence-electron chi connectivity index (χ4n) is 5.12. The minimum absolute atomic E-state index is 0.0559. The Balaban J connectivity index is 3.79. The van der Waals surface area contributed by atoms with Crippen molar-refractivity contribution in [2.24, 2.45) is 5.73 Å². The molecule has 0 aliphatic carbocycles. The summed E-state index contributed by atoms with van der Waals surface area (Å²) in [5, 5.41) is 11.8. The lowest BCUT2D eigenvalue weighted by molar-refractivity contribution is -0.150. The first-order valence-electron chi connectivity index (χ1n) is 17.7. The molecule has 0 aromatic rings. The van der Waals surface area contributed by atoms with Gasteiger partial charge in [0.15, 0.2) is 0 Å². The Morgan fingerprint density at radius 3 is 1.86 bits per heavy atom. The number of carbonyl (C=O) groups excluding carboxylic acids is 2. The Kier molecular flexibility index (Phi) is 29.7. The third-order valence-corrected chi connectivity index (χ3v) is 7.75. The summed E-state index contributed by atoms with van der Waals surface area (Å²) in [6, 6.07) is -0.871. The molecule has 4 N–H and O–H groups in total. The maximum Gasteiger partial charge on any atom is 0.326 e. The molecule has 0 spiro atoms. The van der Waals surface area contributed by atoms with E-state index in [1.54, 1.807) is 0 Å². The standard InChI is InChI=1S/C36H66N2O5/c1-3-5-6-7-8-9-10-11-12-13-14-15-16-17-18-19-20-24-30-35(40)43-32(26-4-2)27-22-21-23-29-34(39)38-33(36(41)42)28-25-31-37/h9-10,12-13,32-33H,3-8,11,14-31,37H2,1-2H3,(H,38,39)(H,41,42)/b10-9-,13-12-. The summed E-state index contributed by atoms with van der Waals surface area (Å²) in [5.74, 6) is -1.35. The van der Waals surface area contributed by atoms with Gasteiger partial charge in [0.05, 0.1) is 0 Å². The molecule has 0 aromatic heterocycles. The molecule has 0 saturated carbocycles. The summed E-state index contributed by atoms with van der Waals surface area (Å²) in [6.07, 6.45) is 32.9. The van der Waals surface area contributed by atoms with Gasteiger partial charge in [-0.25, -0.2) is 4.79 Å². The number of carboxylic acids is 1. The van der Waals surface area contributed by atoms with Crippen LogP contribution in [0.1, 0.15) is 168 Å². The summed E-state index contributed by atoms with van der Waals surface area (Å²) in [5.41, 5.74) is 5.44. The number of esters is 1. The van der Waals surface area contributed by atoms with Crippen LogP contribution in [0.25, 0.3) is 0 Å². The monoisotopic (exact) mass is 606 g/mol. The normalized spacial score (nSPS) is 13.0. The first-order chi connectivity index (χ1) is 20.9. The van der Waals surface area contributed by atoms with Crippen LogP contribution in [-0.4, -0.2) is 41.6 Å². The number of amides is 1. The highest BCUT2D eigenvalue weighted by Crippen LogP contribution is 2.16. The Bertz CT molecular complexity index is 737. The number of aliphatic carboxylic acids is 1. The maximum absolute atomic E-state index is 12.4. The lowest BCUT2D eigenvalue weighted by Gasteiger charge is -2.17. The van der Waals surface area contributed by atoms with Crippen LogP contribution >= 0.6 is 0 Å². The molecule has 0 saturated heterocycles. The molecule has 0 fully saturated rings. The van der Waals surface area contributed by atoms with E-state index in [0.29, 0.717) is 38.6 Å². The molecule has 0 radical (unpaired) electrons. The largest absolute Gasteiger partial charge is 0.480 e. The topological polar surface area (TPSA) is 119 Å². The number of rotatable bonds is 31. The van der Waals surface area contributed by atoms with Crippen LogP contribution in [0.3, 0.4) is 0 Å². The highest BCUT2D eigenvalue weighted by Gasteiger charge is 2.19. The summed E-state index contributed by atoms with van der Waals surface area (Å²) in [7, 11) is 0. The van der Waals surface area contributed by atoms with Gasteiger partial charge in [0, 0.05) is 12.8 Å². The van der Waals surface area contributed by atoms with Crippen molar-refractivity contribution in [2.75, 3.05) is 6.54 Å². The number of hydrogen-bond donors (Lipinski definition) is 3. The number of hydrogen-bond acceptors (Lipinski definition) is 5. The Labute approximate surface area is 263 Å². The van der Waals surface area contributed by atoms with Crippen LogP contribution in [0.5, 0.6) is 0 Å². The van der Waals surface area contributed by atoms with E-state index in [9.17, 15) is 19.5 Å². The SMILES string of the molecule is CCCCCC/C=C\C/C=C\CCCCCCCCCC(=O)OC(CCC)CCCCCC(=O)NC(CCCN)C(=O)O. The third-order valence-electron chi connectivity index (χ3n) is 7.75. The molecule has 7 nitrogen and oxygen atoms in total. The Morgan fingerprint density at radius 2 is 1.26 bits per heavy atom. The second-order valence-electron chi connectivity index (χ2n) is 11.9. The average molecular weight is 607 g/mol. The van der Waals surface area contributed by atoms with Gasteiger partial charge in [-0.15, -0.1) is 0 Å². The molecule has 2 unspecified atom stereocenters. The number of allylic oxidation sites excluding steroid dienone is 4. The van der Waals surface area contributed by atoms with Crippen molar-refractivity contribution in [1.29, 1.82) is 0 Å². The zero-order valence-electron chi connectivity index (χ0n) is 27.8. The molecule has 7 heteroatoms. The molecule has 0 bridgehead atoms. The van der Waals surface area contributed by atoms with Gasteiger partial charge >= 0.3 is 11.9 Å². The third kappa shape index (κ3) is 28.4. The molecule has 0 aliphatic heterocycles. The van der Waals surface area contributed by atoms with Crippen molar-refractivity contribution in [1.82, 2.24) is 5.32 Å². The molecule has 2 atom stereocenters. The molecule has 1 amide bonds. The molecule has 0 aliphatic rings. The second-order valence-corrected chi connectivity index (χ2v) is 11.9. The van der Waals surface area contributed by atoms with E-state index in [0.717, 1.165) is 51.4 Å². The number of carboxylic acid groups (broad SMARTS) is 1. The van der Waals surface area contributed by atoms with Crippen LogP contribution < -0.4 is 11.1 Å². The van der Waals surface area contributed by atoms with Crippen molar-refractivity contribution in [3.8, 4) is 0 Å². The predicted molar refractivity (Wildman–Crippen MR) is 179 cm³/mol. The van der Waals surface area contributed by atoms with Crippen molar-refractivity contribution >= 4 is 17.8 Å². The van der Waals surface area contributed by atoms with E-state index in [4.69, 9.17) is 10.5 Å². The molecule has 250 valence electrons. The molecular formula is C36H66N2O5. The van der Waals surface area contributed by atoms with E-state index in [-0.39, 0.29) is 18.0 Å². The van der Waals surface area contributed by atoms with Gasteiger partial charge in [0.1, 0.15) is 12.1 Å². The van der Waals surface area contributed by atoms with E-state index in [1.807, 2.05) is 0 Å². The van der Waals surface area contributed by atoms with Gasteiger partial charge in [0.25, 0.3) is 0 Å². The quantitative estimate of drug-likeness (QED) is 0.0412. The second kappa shape index (κ2) is 31.3. The summed E-state index contributed by atoms with van der Waals surface area (Å²) in [6.45, 7) is 4.75. The van der Waals surface area contributed by atoms with Crippen LogP contribution in [-0.2, 0) is 19.1 Å².